The lowest BCUT2D eigenvalue weighted by molar-refractivity contribution is -0.136. The van der Waals surface area contributed by atoms with Gasteiger partial charge in [0, 0.05) is 22.4 Å². The van der Waals surface area contributed by atoms with Crippen molar-refractivity contribution in [1.29, 1.82) is 0 Å². The van der Waals surface area contributed by atoms with Gasteiger partial charge in [-0.15, -0.1) is 11.3 Å². The first-order valence-corrected chi connectivity index (χ1v) is 9.57. The Morgan fingerprint density at radius 3 is 2.62 bits per heavy atom. The standard InChI is InChI=1S/C16H18N2O4S2/c1-11-2-4-12(5-3-11)6-7-13(15(20)21)24(22)10-14(19)18-16-17-8-9-23-16/h2-5,8-9,13H,6-7,10H2,1H3,(H,20,21)(H,17,18,19). The van der Waals surface area contributed by atoms with E-state index in [0.717, 1.165) is 11.1 Å². The first kappa shape index (κ1) is 18.3. The van der Waals surface area contributed by atoms with Crippen LogP contribution in [-0.4, -0.2) is 37.2 Å². The van der Waals surface area contributed by atoms with Gasteiger partial charge in [0.05, 0.1) is 0 Å². The van der Waals surface area contributed by atoms with Crippen molar-refractivity contribution in [3.63, 3.8) is 0 Å². The van der Waals surface area contributed by atoms with Crippen molar-refractivity contribution in [3.8, 4) is 0 Å². The van der Waals surface area contributed by atoms with Crippen molar-refractivity contribution >= 4 is 39.1 Å². The van der Waals surface area contributed by atoms with Crippen LogP contribution < -0.4 is 5.32 Å². The topological polar surface area (TPSA) is 96.4 Å². The number of aromatic nitrogens is 1. The van der Waals surface area contributed by atoms with Gasteiger partial charge in [0.1, 0.15) is 11.0 Å². The van der Waals surface area contributed by atoms with Crippen molar-refractivity contribution < 1.29 is 18.9 Å². The molecule has 128 valence electrons. The van der Waals surface area contributed by atoms with E-state index >= 15 is 0 Å². The number of rotatable bonds is 8. The minimum Gasteiger partial charge on any atom is -0.480 e. The predicted molar refractivity (Wildman–Crippen MR) is 94.7 cm³/mol. The Morgan fingerprint density at radius 1 is 1.33 bits per heavy atom. The summed E-state index contributed by atoms with van der Waals surface area (Å²) < 4.78 is 12.3. The Hall–Kier alpha value is -2.06. The Labute approximate surface area is 146 Å². The van der Waals surface area contributed by atoms with Gasteiger partial charge >= 0.3 is 5.97 Å². The van der Waals surface area contributed by atoms with Crippen LogP contribution in [0.4, 0.5) is 5.13 Å². The van der Waals surface area contributed by atoms with E-state index in [1.807, 2.05) is 31.2 Å². The van der Waals surface area contributed by atoms with Crippen LogP contribution in [0.25, 0.3) is 0 Å². The number of amides is 1. The number of nitrogens with one attached hydrogen (secondary N) is 1. The number of hydrogen-bond donors (Lipinski definition) is 2. The summed E-state index contributed by atoms with van der Waals surface area (Å²) in [5.41, 5.74) is 2.10. The third-order valence-electron chi connectivity index (χ3n) is 3.36. The lowest BCUT2D eigenvalue weighted by atomic mass is 10.1. The Bertz CT molecular complexity index is 714. The van der Waals surface area contributed by atoms with E-state index in [0.29, 0.717) is 11.6 Å². The molecule has 1 aromatic heterocycles. The molecule has 0 radical (unpaired) electrons. The number of aliphatic carboxylic acids is 1. The number of anilines is 1. The fourth-order valence-corrected chi connectivity index (χ4v) is 3.77. The molecular formula is C16H18N2O4S2. The van der Waals surface area contributed by atoms with Crippen molar-refractivity contribution in [1.82, 2.24) is 4.98 Å². The second-order valence-corrected chi connectivity index (χ2v) is 7.78. The molecule has 24 heavy (non-hydrogen) atoms. The summed E-state index contributed by atoms with van der Waals surface area (Å²) in [6, 6.07) is 7.74. The van der Waals surface area contributed by atoms with Gasteiger partial charge in [-0.2, -0.15) is 0 Å². The summed E-state index contributed by atoms with van der Waals surface area (Å²) in [5.74, 6) is -2.00. The van der Waals surface area contributed by atoms with Crippen LogP contribution >= 0.6 is 11.3 Å². The number of carbonyl (C=O) groups is 2. The van der Waals surface area contributed by atoms with Crippen LogP contribution in [0.15, 0.2) is 35.8 Å². The van der Waals surface area contributed by atoms with Crippen LogP contribution in [0, 0.1) is 6.92 Å². The van der Waals surface area contributed by atoms with Gasteiger partial charge in [0.15, 0.2) is 5.13 Å². The van der Waals surface area contributed by atoms with Crippen molar-refractivity contribution in [2.75, 3.05) is 11.1 Å². The van der Waals surface area contributed by atoms with E-state index in [2.05, 4.69) is 10.3 Å². The smallest absolute Gasteiger partial charge is 0.319 e. The molecule has 8 heteroatoms. The average molecular weight is 366 g/mol. The zero-order valence-electron chi connectivity index (χ0n) is 13.1. The predicted octanol–water partition coefficient (Wildman–Crippen LogP) is 2.22. The molecule has 0 aliphatic rings. The normalized spacial score (nSPS) is 13.2. The quantitative estimate of drug-likeness (QED) is 0.747. The van der Waals surface area contributed by atoms with Gasteiger partial charge in [-0.25, -0.2) is 4.98 Å². The molecule has 1 aromatic carbocycles. The molecule has 0 spiro atoms. The maximum absolute atomic E-state index is 12.3. The van der Waals surface area contributed by atoms with Crippen LogP contribution in [0.1, 0.15) is 17.5 Å². The van der Waals surface area contributed by atoms with Gasteiger partial charge in [-0.05, 0) is 25.3 Å². The molecule has 2 unspecified atom stereocenters. The lowest BCUT2D eigenvalue weighted by Crippen LogP contribution is -2.32. The van der Waals surface area contributed by atoms with Crippen molar-refractivity contribution in [3.05, 3.63) is 47.0 Å². The summed E-state index contributed by atoms with van der Waals surface area (Å²) in [5, 5.41) is 12.8. The highest BCUT2D eigenvalue weighted by Gasteiger charge is 2.26. The van der Waals surface area contributed by atoms with E-state index in [4.69, 9.17) is 0 Å². The highest BCUT2D eigenvalue weighted by atomic mass is 32.2. The monoisotopic (exact) mass is 366 g/mol. The summed E-state index contributed by atoms with van der Waals surface area (Å²) in [7, 11) is -1.79. The summed E-state index contributed by atoms with van der Waals surface area (Å²) in [6.45, 7) is 1.97. The molecule has 0 saturated carbocycles. The molecule has 6 nitrogen and oxygen atoms in total. The number of carboxylic acid groups (broad SMARTS) is 1. The lowest BCUT2D eigenvalue weighted by Gasteiger charge is -2.12. The summed E-state index contributed by atoms with van der Waals surface area (Å²) in [6.07, 6.45) is 2.26. The molecule has 0 bridgehead atoms. The Balaban J connectivity index is 1.91. The van der Waals surface area contributed by atoms with E-state index in [1.54, 1.807) is 11.6 Å². The fraction of sp³-hybridized carbons (Fsp3) is 0.312. The SMILES string of the molecule is Cc1ccc(CCC(C(=O)O)S(=O)CC(=O)Nc2nccs2)cc1. The summed E-state index contributed by atoms with van der Waals surface area (Å²) in [4.78, 5) is 27.1. The molecule has 2 aromatic rings. The zero-order valence-corrected chi connectivity index (χ0v) is 14.7. The molecule has 0 saturated heterocycles. The van der Waals surface area contributed by atoms with Crippen LogP contribution in [-0.2, 0) is 26.8 Å². The van der Waals surface area contributed by atoms with Crippen LogP contribution in [0.5, 0.6) is 0 Å². The van der Waals surface area contributed by atoms with Crippen LogP contribution in [0.2, 0.25) is 0 Å². The largest absolute Gasteiger partial charge is 0.480 e. The van der Waals surface area contributed by atoms with E-state index < -0.39 is 27.9 Å². The Morgan fingerprint density at radius 2 is 2.04 bits per heavy atom. The molecule has 2 rings (SSSR count). The molecule has 0 fully saturated rings. The van der Waals surface area contributed by atoms with E-state index in [1.165, 1.54) is 11.3 Å². The Kier molecular flexibility index (Phi) is 6.62. The number of thiazole rings is 1. The van der Waals surface area contributed by atoms with Gasteiger partial charge in [-0.1, -0.05) is 29.8 Å². The molecule has 2 N–H and O–H groups in total. The molecule has 1 heterocycles. The average Bonchev–Trinajstić information content (AvgIpc) is 3.01. The molecule has 2 atom stereocenters. The molecule has 0 aliphatic carbocycles. The fourth-order valence-electron chi connectivity index (χ4n) is 2.09. The minimum atomic E-state index is -1.79. The molecule has 0 aliphatic heterocycles. The maximum atomic E-state index is 12.3. The molecule has 1 amide bonds. The highest BCUT2D eigenvalue weighted by molar-refractivity contribution is 7.87. The van der Waals surface area contributed by atoms with Gasteiger partial charge < -0.3 is 10.4 Å². The number of aryl methyl sites for hydroxylation is 2. The summed E-state index contributed by atoms with van der Waals surface area (Å²) >= 11 is 1.24. The molecular weight excluding hydrogens is 348 g/mol. The second-order valence-electron chi connectivity index (χ2n) is 5.26. The number of hydrogen-bond acceptors (Lipinski definition) is 5. The van der Waals surface area contributed by atoms with Crippen molar-refractivity contribution in [2.24, 2.45) is 0 Å². The van der Waals surface area contributed by atoms with Crippen LogP contribution in [0.3, 0.4) is 0 Å². The van der Waals surface area contributed by atoms with Gasteiger partial charge in [0.25, 0.3) is 0 Å². The number of carboxylic acids is 1. The minimum absolute atomic E-state index is 0.218. The number of nitrogens with zero attached hydrogens (tertiary/aromatic N) is 1. The first-order chi connectivity index (χ1) is 11.5. The highest BCUT2D eigenvalue weighted by Crippen LogP contribution is 2.13. The van der Waals surface area contributed by atoms with Gasteiger partial charge in [0.2, 0.25) is 5.91 Å². The van der Waals surface area contributed by atoms with Gasteiger partial charge in [-0.3, -0.25) is 13.8 Å². The zero-order chi connectivity index (χ0) is 17.5. The van der Waals surface area contributed by atoms with Crippen molar-refractivity contribution in [2.45, 2.75) is 25.0 Å². The second kappa shape index (κ2) is 8.70. The van der Waals surface area contributed by atoms with E-state index in [-0.39, 0.29) is 12.2 Å². The number of benzene rings is 1. The number of carbonyl (C=O) groups excluding carboxylic acids is 1. The maximum Gasteiger partial charge on any atom is 0.319 e. The first-order valence-electron chi connectivity index (χ1n) is 7.30. The third-order valence-corrected chi connectivity index (χ3v) is 5.67. The third kappa shape index (κ3) is 5.54. The van der Waals surface area contributed by atoms with E-state index in [9.17, 15) is 18.9 Å².